The van der Waals surface area contributed by atoms with Crippen LogP contribution >= 0.6 is 0 Å². The van der Waals surface area contributed by atoms with Gasteiger partial charge in [-0.2, -0.15) is 5.10 Å². The van der Waals surface area contributed by atoms with Crippen molar-refractivity contribution >= 4 is 22.7 Å². The molecule has 1 heterocycles. The van der Waals surface area contributed by atoms with E-state index in [4.69, 9.17) is 15.6 Å². The van der Waals surface area contributed by atoms with E-state index in [1.807, 2.05) is 30.3 Å². The highest BCUT2D eigenvalue weighted by atomic mass is 16.5. The molecule has 3 aromatic rings. The summed E-state index contributed by atoms with van der Waals surface area (Å²) in [5.74, 6) is -0.0155. The number of aromatic nitrogens is 2. The summed E-state index contributed by atoms with van der Waals surface area (Å²) in [7, 11) is 0. The van der Waals surface area contributed by atoms with Crippen molar-refractivity contribution in [3.8, 4) is 16.9 Å². The van der Waals surface area contributed by atoms with Crippen molar-refractivity contribution in [2.24, 2.45) is 0 Å². The van der Waals surface area contributed by atoms with Crippen LogP contribution < -0.4 is 10.5 Å². The molecule has 0 aliphatic carbocycles. The van der Waals surface area contributed by atoms with Crippen molar-refractivity contribution in [2.75, 3.05) is 12.3 Å². The van der Waals surface area contributed by atoms with Crippen LogP contribution in [0.15, 0.2) is 42.5 Å². The van der Waals surface area contributed by atoms with Gasteiger partial charge in [-0.1, -0.05) is 18.2 Å². The van der Waals surface area contributed by atoms with Crippen LogP contribution in [0.4, 0.5) is 5.82 Å². The van der Waals surface area contributed by atoms with Gasteiger partial charge in [-0.25, -0.2) is 4.79 Å². The fourth-order valence-corrected chi connectivity index (χ4v) is 2.10. The third-order valence-electron chi connectivity index (χ3n) is 3.14. The third-order valence-corrected chi connectivity index (χ3v) is 3.14. The van der Waals surface area contributed by atoms with Gasteiger partial charge in [-0.15, -0.1) is 0 Å². The number of nitrogens with one attached hydrogen (secondary N) is 1. The molecule has 0 bridgehead atoms. The first-order valence-electron chi connectivity index (χ1n) is 6.32. The van der Waals surface area contributed by atoms with E-state index in [0.29, 0.717) is 11.6 Å². The van der Waals surface area contributed by atoms with E-state index in [2.05, 4.69) is 10.2 Å². The number of H-pyrrole nitrogens is 1. The average molecular weight is 283 g/mol. The zero-order chi connectivity index (χ0) is 14.8. The molecule has 1 aromatic heterocycles. The molecule has 0 atom stereocenters. The summed E-state index contributed by atoms with van der Waals surface area (Å²) >= 11 is 0. The van der Waals surface area contributed by atoms with Crippen LogP contribution in [-0.2, 0) is 4.79 Å². The zero-order valence-corrected chi connectivity index (χ0v) is 11.0. The molecule has 0 aliphatic heterocycles. The lowest BCUT2D eigenvalue weighted by molar-refractivity contribution is -0.139. The summed E-state index contributed by atoms with van der Waals surface area (Å²) in [4.78, 5) is 10.4. The molecule has 6 nitrogen and oxygen atoms in total. The number of carboxylic acid groups (broad SMARTS) is 1. The second-order valence-electron chi connectivity index (χ2n) is 4.58. The number of hydrogen-bond acceptors (Lipinski definition) is 4. The Kier molecular flexibility index (Phi) is 3.19. The van der Waals surface area contributed by atoms with Crippen LogP contribution in [0.1, 0.15) is 0 Å². The molecule has 0 fully saturated rings. The number of nitrogens with two attached hydrogens (primary N) is 1. The molecule has 0 saturated carbocycles. The summed E-state index contributed by atoms with van der Waals surface area (Å²) in [5.41, 5.74) is 8.67. The smallest absolute Gasteiger partial charge is 0.341 e. The second-order valence-corrected chi connectivity index (χ2v) is 4.58. The first-order valence-corrected chi connectivity index (χ1v) is 6.32. The Bertz CT molecular complexity index is 794. The molecule has 0 unspecified atom stereocenters. The number of benzene rings is 2. The first kappa shape index (κ1) is 13.0. The number of nitrogen functional groups attached to an aromatic ring is 1. The molecule has 2 aromatic carbocycles. The highest BCUT2D eigenvalue weighted by Gasteiger charge is 2.05. The number of ether oxygens (including phenoxy) is 1. The molecule has 0 saturated heterocycles. The summed E-state index contributed by atoms with van der Waals surface area (Å²) < 4.78 is 5.10. The predicted octanol–water partition coefficient (Wildman–Crippen LogP) is 2.28. The Morgan fingerprint density at radius 2 is 1.90 bits per heavy atom. The molecule has 3 rings (SSSR count). The minimum atomic E-state index is -1.00. The van der Waals surface area contributed by atoms with Crippen molar-refractivity contribution in [2.45, 2.75) is 0 Å². The maximum atomic E-state index is 10.4. The number of hydrogen-bond donors (Lipinski definition) is 3. The summed E-state index contributed by atoms with van der Waals surface area (Å²) in [6.07, 6.45) is 0. The van der Waals surface area contributed by atoms with Crippen LogP contribution in [0.2, 0.25) is 0 Å². The normalized spacial score (nSPS) is 10.7. The summed E-state index contributed by atoms with van der Waals surface area (Å²) in [6.45, 7) is -0.350. The van der Waals surface area contributed by atoms with E-state index in [0.717, 1.165) is 22.0 Å². The quantitative estimate of drug-likeness (QED) is 0.681. The minimum absolute atomic E-state index is 0.350. The Balaban J connectivity index is 1.87. The fraction of sp³-hybridized carbons (Fsp3) is 0.0667. The molecule has 0 aliphatic rings. The van der Waals surface area contributed by atoms with Crippen molar-refractivity contribution in [1.82, 2.24) is 10.2 Å². The van der Waals surface area contributed by atoms with Crippen LogP contribution in [-0.4, -0.2) is 27.9 Å². The van der Waals surface area contributed by atoms with Crippen molar-refractivity contribution < 1.29 is 14.6 Å². The highest BCUT2D eigenvalue weighted by Crippen LogP contribution is 2.27. The monoisotopic (exact) mass is 283 g/mol. The lowest BCUT2D eigenvalue weighted by Crippen LogP contribution is -2.09. The fourth-order valence-electron chi connectivity index (χ4n) is 2.10. The van der Waals surface area contributed by atoms with Gasteiger partial charge in [0.05, 0.1) is 5.52 Å². The van der Waals surface area contributed by atoms with Gasteiger partial charge in [0.1, 0.15) is 5.75 Å². The number of aromatic amines is 1. The van der Waals surface area contributed by atoms with E-state index in [-0.39, 0.29) is 6.61 Å². The maximum absolute atomic E-state index is 10.4. The van der Waals surface area contributed by atoms with Gasteiger partial charge < -0.3 is 15.6 Å². The number of fused-ring (bicyclic) bond motifs is 1. The largest absolute Gasteiger partial charge is 0.482 e. The first-order chi connectivity index (χ1) is 10.1. The number of anilines is 1. The topological polar surface area (TPSA) is 101 Å². The van der Waals surface area contributed by atoms with Gasteiger partial charge in [-0.05, 0) is 35.4 Å². The van der Waals surface area contributed by atoms with Gasteiger partial charge in [0, 0.05) is 5.39 Å². The Labute approximate surface area is 120 Å². The lowest BCUT2D eigenvalue weighted by Gasteiger charge is -2.05. The molecule has 0 radical (unpaired) electrons. The van der Waals surface area contributed by atoms with Gasteiger partial charge in [0.25, 0.3) is 0 Å². The zero-order valence-electron chi connectivity index (χ0n) is 11.0. The molecule has 106 valence electrons. The molecule has 0 spiro atoms. The maximum Gasteiger partial charge on any atom is 0.341 e. The number of rotatable bonds is 4. The van der Waals surface area contributed by atoms with E-state index >= 15 is 0 Å². The molecule has 21 heavy (non-hydrogen) atoms. The number of nitrogens with zero attached hydrogens (tertiary/aromatic N) is 1. The molecule has 4 N–H and O–H groups in total. The lowest BCUT2D eigenvalue weighted by atomic mass is 10.0. The van der Waals surface area contributed by atoms with E-state index in [1.165, 1.54) is 0 Å². The molecule has 0 amide bonds. The number of carbonyl (C=O) groups is 1. The van der Waals surface area contributed by atoms with Crippen molar-refractivity contribution in [1.29, 1.82) is 0 Å². The van der Waals surface area contributed by atoms with Gasteiger partial charge >= 0.3 is 5.97 Å². The van der Waals surface area contributed by atoms with Crippen LogP contribution in [0, 0.1) is 0 Å². The van der Waals surface area contributed by atoms with E-state index in [9.17, 15) is 4.79 Å². The standard InChI is InChI=1S/C15H13N3O3/c16-15-12-7-10(3-6-13(12)17-18-15)9-1-4-11(5-2-9)21-8-14(19)20/h1-7H,8H2,(H,19,20)(H3,16,17,18). The number of carboxylic acids is 1. The molecular weight excluding hydrogens is 270 g/mol. The average Bonchev–Trinajstić information content (AvgIpc) is 2.87. The molecular formula is C15H13N3O3. The molecule has 6 heteroatoms. The predicted molar refractivity (Wildman–Crippen MR) is 79.1 cm³/mol. The van der Waals surface area contributed by atoms with Gasteiger partial charge in [0.2, 0.25) is 0 Å². The van der Waals surface area contributed by atoms with Gasteiger partial charge in [0.15, 0.2) is 12.4 Å². The summed E-state index contributed by atoms with van der Waals surface area (Å²) in [6, 6.07) is 13.1. The third kappa shape index (κ3) is 2.64. The van der Waals surface area contributed by atoms with Crippen molar-refractivity contribution in [3.05, 3.63) is 42.5 Å². The Morgan fingerprint density at radius 1 is 1.19 bits per heavy atom. The van der Waals surface area contributed by atoms with Crippen molar-refractivity contribution in [3.63, 3.8) is 0 Å². The van der Waals surface area contributed by atoms with Crippen LogP contribution in [0.5, 0.6) is 5.75 Å². The Hall–Kier alpha value is -3.02. The van der Waals surface area contributed by atoms with E-state index < -0.39 is 5.97 Å². The van der Waals surface area contributed by atoms with E-state index in [1.54, 1.807) is 12.1 Å². The van der Waals surface area contributed by atoms with Crippen LogP contribution in [0.25, 0.3) is 22.0 Å². The number of aliphatic carboxylic acids is 1. The highest BCUT2D eigenvalue weighted by molar-refractivity contribution is 5.92. The SMILES string of the molecule is Nc1n[nH]c2ccc(-c3ccc(OCC(=O)O)cc3)cc12. The Morgan fingerprint density at radius 3 is 2.62 bits per heavy atom. The van der Waals surface area contributed by atoms with Crippen LogP contribution in [0.3, 0.4) is 0 Å². The van der Waals surface area contributed by atoms with Gasteiger partial charge in [-0.3, -0.25) is 5.10 Å². The second kappa shape index (κ2) is 5.16. The minimum Gasteiger partial charge on any atom is -0.482 e. The summed E-state index contributed by atoms with van der Waals surface area (Å²) in [5, 5.41) is 16.3.